The summed E-state index contributed by atoms with van der Waals surface area (Å²) in [5.41, 5.74) is 5.16. The smallest absolute Gasteiger partial charge is 0.340 e. The monoisotopic (exact) mass is 419 g/mol. The zero-order valence-electron chi connectivity index (χ0n) is 17.8. The standard InChI is InChI=1S/C24H25N3O4/c1-13-17-9-19-16-5-3-4-6-20(16)30-23(19)14(2)22(17)31-24(29)18(13)10-21(28)26-8-7-15-11-25-12-27-15/h9,11-12H,3-8,10H2,1-2H3,(H,25,27)(H,26,28). The van der Waals surface area contributed by atoms with Gasteiger partial charge in [0.1, 0.15) is 16.9 Å². The Balaban J connectivity index is 1.48. The van der Waals surface area contributed by atoms with E-state index in [1.807, 2.05) is 13.8 Å². The fourth-order valence-electron chi connectivity index (χ4n) is 4.60. The molecule has 31 heavy (non-hydrogen) atoms. The Kier molecular flexibility index (Phi) is 4.88. The van der Waals surface area contributed by atoms with Crippen LogP contribution in [0.4, 0.5) is 0 Å². The molecule has 1 aliphatic rings. The van der Waals surface area contributed by atoms with Gasteiger partial charge in [0.25, 0.3) is 0 Å². The van der Waals surface area contributed by atoms with Crippen molar-refractivity contribution in [2.24, 2.45) is 0 Å². The Morgan fingerprint density at radius 3 is 2.74 bits per heavy atom. The van der Waals surface area contributed by atoms with Crippen LogP contribution in [-0.4, -0.2) is 22.4 Å². The minimum atomic E-state index is -0.465. The number of amides is 1. The number of hydrogen-bond acceptors (Lipinski definition) is 5. The van der Waals surface area contributed by atoms with Crippen LogP contribution in [0.25, 0.3) is 21.9 Å². The molecule has 0 saturated carbocycles. The quantitative estimate of drug-likeness (QED) is 0.481. The molecule has 0 unspecified atom stereocenters. The van der Waals surface area contributed by atoms with Crippen LogP contribution in [0, 0.1) is 13.8 Å². The number of hydrogen-bond donors (Lipinski definition) is 2. The molecule has 0 fully saturated rings. The molecule has 0 spiro atoms. The Labute approximate surface area is 178 Å². The largest absolute Gasteiger partial charge is 0.460 e. The van der Waals surface area contributed by atoms with Crippen molar-refractivity contribution in [2.45, 2.75) is 52.4 Å². The number of H-pyrrole nitrogens is 1. The highest BCUT2D eigenvalue weighted by atomic mass is 16.4. The molecule has 4 aromatic rings. The SMILES string of the molecule is Cc1c(CC(=O)NCCc2cnc[nH]2)c(=O)oc2c(C)c3oc4c(c3cc12)CCCC4. The number of furan rings is 1. The Morgan fingerprint density at radius 1 is 1.13 bits per heavy atom. The van der Waals surface area contributed by atoms with Crippen molar-refractivity contribution < 1.29 is 13.6 Å². The van der Waals surface area contributed by atoms with Crippen molar-refractivity contribution in [3.05, 3.63) is 62.7 Å². The van der Waals surface area contributed by atoms with Gasteiger partial charge in [0.05, 0.1) is 18.3 Å². The van der Waals surface area contributed by atoms with Gasteiger partial charge in [-0.05, 0) is 44.7 Å². The van der Waals surface area contributed by atoms with Crippen LogP contribution in [0.2, 0.25) is 0 Å². The lowest BCUT2D eigenvalue weighted by atomic mass is 9.93. The molecule has 0 aliphatic heterocycles. The maximum Gasteiger partial charge on any atom is 0.340 e. The first kappa shape index (κ1) is 19.6. The molecular weight excluding hydrogens is 394 g/mol. The van der Waals surface area contributed by atoms with Gasteiger partial charge in [0.2, 0.25) is 5.91 Å². The van der Waals surface area contributed by atoms with Crippen LogP contribution in [-0.2, 0) is 30.5 Å². The van der Waals surface area contributed by atoms with Crippen molar-refractivity contribution in [1.82, 2.24) is 15.3 Å². The molecule has 7 nitrogen and oxygen atoms in total. The van der Waals surface area contributed by atoms with E-state index in [0.717, 1.165) is 64.6 Å². The highest BCUT2D eigenvalue weighted by Gasteiger charge is 2.23. The Hall–Kier alpha value is -3.35. The maximum atomic E-state index is 12.7. The topological polar surface area (TPSA) is 101 Å². The maximum absolute atomic E-state index is 12.7. The summed E-state index contributed by atoms with van der Waals surface area (Å²) in [5.74, 6) is 0.851. The number of aromatic nitrogens is 2. The van der Waals surface area contributed by atoms with Gasteiger partial charge in [0.15, 0.2) is 0 Å². The lowest BCUT2D eigenvalue weighted by Crippen LogP contribution is -2.29. The number of aryl methyl sites for hydroxylation is 4. The van der Waals surface area contributed by atoms with Gasteiger partial charge >= 0.3 is 5.63 Å². The molecule has 1 aliphatic carbocycles. The van der Waals surface area contributed by atoms with E-state index in [-0.39, 0.29) is 12.3 Å². The van der Waals surface area contributed by atoms with Crippen molar-refractivity contribution in [3.63, 3.8) is 0 Å². The number of nitrogens with zero attached hydrogens (tertiary/aromatic N) is 1. The molecule has 7 heteroatoms. The fraction of sp³-hybridized carbons (Fsp3) is 0.375. The van der Waals surface area contributed by atoms with Gasteiger partial charge in [-0.2, -0.15) is 0 Å². The number of aromatic amines is 1. The third-order valence-electron chi connectivity index (χ3n) is 6.33. The zero-order chi connectivity index (χ0) is 21.5. The normalized spacial score (nSPS) is 13.6. The molecular formula is C24H25N3O4. The van der Waals surface area contributed by atoms with Crippen LogP contribution in [0.1, 0.15) is 46.5 Å². The molecule has 1 amide bonds. The van der Waals surface area contributed by atoms with Crippen molar-refractivity contribution in [2.75, 3.05) is 6.54 Å². The highest BCUT2D eigenvalue weighted by molar-refractivity contribution is 6.00. The summed E-state index contributed by atoms with van der Waals surface area (Å²) in [5, 5.41) is 4.84. The van der Waals surface area contributed by atoms with E-state index < -0.39 is 5.63 Å². The number of carbonyl (C=O) groups is 1. The average molecular weight is 419 g/mol. The molecule has 160 valence electrons. The minimum absolute atomic E-state index is 0.00629. The Bertz CT molecular complexity index is 1350. The van der Waals surface area contributed by atoms with E-state index in [2.05, 4.69) is 21.4 Å². The average Bonchev–Trinajstić information content (AvgIpc) is 3.40. The number of imidazole rings is 1. The van der Waals surface area contributed by atoms with Gasteiger partial charge in [0, 0.05) is 53.2 Å². The van der Waals surface area contributed by atoms with Gasteiger partial charge in [-0.1, -0.05) is 0 Å². The summed E-state index contributed by atoms with van der Waals surface area (Å²) in [6.45, 7) is 4.30. The lowest BCUT2D eigenvalue weighted by molar-refractivity contribution is -0.120. The molecule has 0 bridgehead atoms. The van der Waals surface area contributed by atoms with E-state index in [4.69, 9.17) is 8.83 Å². The van der Waals surface area contributed by atoms with E-state index in [1.54, 1.807) is 12.5 Å². The van der Waals surface area contributed by atoms with Gasteiger partial charge in [-0.25, -0.2) is 9.78 Å². The van der Waals surface area contributed by atoms with Crippen molar-refractivity contribution in [1.29, 1.82) is 0 Å². The van der Waals surface area contributed by atoms with E-state index in [0.29, 0.717) is 24.1 Å². The summed E-state index contributed by atoms with van der Waals surface area (Å²) >= 11 is 0. The predicted molar refractivity (Wildman–Crippen MR) is 117 cm³/mol. The van der Waals surface area contributed by atoms with Crippen molar-refractivity contribution >= 4 is 27.8 Å². The second-order valence-electron chi connectivity index (χ2n) is 8.31. The third kappa shape index (κ3) is 3.44. The van der Waals surface area contributed by atoms with E-state index in [1.165, 1.54) is 5.56 Å². The number of nitrogens with one attached hydrogen (secondary N) is 2. The molecule has 2 N–H and O–H groups in total. The summed E-state index contributed by atoms with van der Waals surface area (Å²) in [7, 11) is 0. The first-order valence-corrected chi connectivity index (χ1v) is 10.8. The summed E-state index contributed by atoms with van der Waals surface area (Å²) in [6.07, 6.45) is 8.24. The van der Waals surface area contributed by atoms with Crippen LogP contribution < -0.4 is 10.9 Å². The van der Waals surface area contributed by atoms with Crippen LogP contribution in [0.3, 0.4) is 0 Å². The number of rotatable bonds is 5. The number of fused-ring (bicyclic) bond motifs is 4. The van der Waals surface area contributed by atoms with Gasteiger partial charge in [-0.3, -0.25) is 4.79 Å². The number of carbonyl (C=O) groups excluding carboxylic acids is 1. The van der Waals surface area contributed by atoms with Crippen LogP contribution >= 0.6 is 0 Å². The summed E-state index contributed by atoms with van der Waals surface area (Å²) in [4.78, 5) is 32.2. The second-order valence-corrected chi connectivity index (χ2v) is 8.31. The first-order chi connectivity index (χ1) is 15.0. The second kappa shape index (κ2) is 7.72. The molecule has 3 aromatic heterocycles. The molecule has 1 aromatic carbocycles. The zero-order valence-corrected chi connectivity index (χ0v) is 17.8. The predicted octanol–water partition coefficient (Wildman–Crippen LogP) is 3.66. The Morgan fingerprint density at radius 2 is 1.94 bits per heavy atom. The van der Waals surface area contributed by atoms with Crippen molar-refractivity contribution in [3.8, 4) is 0 Å². The third-order valence-corrected chi connectivity index (χ3v) is 6.33. The first-order valence-electron chi connectivity index (χ1n) is 10.8. The van der Waals surface area contributed by atoms with Gasteiger partial charge < -0.3 is 19.1 Å². The van der Waals surface area contributed by atoms with E-state index in [9.17, 15) is 9.59 Å². The minimum Gasteiger partial charge on any atom is -0.460 e. The van der Waals surface area contributed by atoms with E-state index >= 15 is 0 Å². The molecule has 3 heterocycles. The molecule has 0 saturated heterocycles. The summed E-state index contributed by atoms with van der Waals surface area (Å²) < 4.78 is 11.8. The summed E-state index contributed by atoms with van der Waals surface area (Å²) in [6, 6.07) is 2.07. The lowest BCUT2D eigenvalue weighted by Gasteiger charge is -2.11. The number of benzene rings is 1. The highest BCUT2D eigenvalue weighted by Crippen LogP contribution is 2.37. The fourth-order valence-corrected chi connectivity index (χ4v) is 4.60. The molecule has 5 rings (SSSR count). The van der Waals surface area contributed by atoms with Gasteiger partial charge in [-0.15, -0.1) is 0 Å². The molecule has 0 radical (unpaired) electrons. The molecule has 0 atom stereocenters. The van der Waals surface area contributed by atoms with Crippen LogP contribution in [0.5, 0.6) is 0 Å². The van der Waals surface area contributed by atoms with Crippen LogP contribution in [0.15, 0.2) is 32.2 Å².